The van der Waals surface area contributed by atoms with E-state index in [2.05, 4.69) is 5.32 Å². The topological polar surface area (TPSA) is 75.6 Å². The molecule has 1 aromatic rings. The number of carboxylic acids is 1. The van der Waals surface area contributed by atoms with E-state index in [1.54, 1.807) is 24.3 Å². The van der Waals surface area contributed by atoms with Crippen molar-refractivity contribution in [2.45, 2.75) is 13.8 Å². The molecule has 2 N–H and O–H groups in total. The number of rotatable bonds is 5. The van der Waals surface area contributed by atoms with Crippen LogP contribution in [0.4, 0.5) is 5.69 Å². The molecule has 96 valence electrons. The van der Waals surface area contributed by atoms with Gasteiger partial charge in [0, 0.05) is 11.6 Å². The maximum absolute atomic E-state index is 11.6. The average Bonchev–Trinajstić information content (AvgIpc) is 2.31. The SMILES string of the molecule is CCOc1ccccc1NC(=O)/C=C(\C)C(=O)O. The van der Waals surface area contributed by atoms with E-state index in [-0.39, 0.29) is 5.57 Å². The molecule has 0 aliphatic heterocycles. The third kappa shape index (κ3) is 3.93. The summed E-state index contributed by atoms with van der Waals surface area (Å²) in [7, 11) is 0. The average molecular weight is 249 g/mol. The molecule has 0 saturated carbocycles. The van der Waals surface area contributed by atoms with Crippen LogP contribution < -0.4 is 10.1 Å². The predicted molar refractivity (Wildman–Crippen MR) is 67.6 cm³/mol. The molecule has 0 radical (unpaired) electrons. The maximum Gasteiger partial charge on any atom is 0.331 e. The molecule has 0 heterocycles. The fourth-order valence-corrected chi connectivity index (χ4v) is 1.28. The van der Waals surface area contributed by atoms with Gasteiger partial charge in [-0.3, -0.25) is 4.79 Å². The smallest absolute Gasteiger partial charge is 0.331 e. The van der Waals surface area contributed by atoms with Crippen LogP contribution in [0.1, 0.15) is 13.8 Å². The van der Waals surface area contributed by atoms with Crippen LogP contribution in [-0.2, 0) is 9.59 Å². The molecule has 0 aliphatic rings. The van der Waals surface area contributed by atoms with Crippen molar-refractivity contribution in [3.8, 4) is 5.75 Å². The van der Waals surface area contributed by atoms with Crippen LogP contribution in [0, 0.1) is 0 Å². The second-order valence-electron chi connectivity index (χ2n) is 3.55. The number of para-hydroxylation sites is 2. The Hall–Kier alpha value is -2.30. The highest BCUT2D eigenvalue weighted by molar-refractivity contribution is 6.04. The molecule has 0 fully saturated rings. The Morgan fingerprint density at radius 1 is 1.39 bits per heavy atom. The number of nitrogens with one attached hydrogen (secondary N) is 1. The first-order valence-electron chi connectivity index (χ1n) is 5.49. The Morgan fingerprint density at radius 3 is 2.67 bits per heavy atom. The van der Waals surface area contributed by atoms with Crippen molar-refractivity contribution in [3.05, 3.63) is 35.9 Å². The Morgan fingerprint density at radius 2 is 2.06 bits per heavy atom. The highest BCUT2D eigenvalue weighted by atomic mass is 16.5. The first-order chi connectivity index (χ1) is 8.54. The van der Waals surface area contributed by atoms with E-state index in [4.69, 9.17) is 9.84 Å². The Bertz CT molecular complexity index is 480. The molecule has 0 saturated heterocycles. The number of carboxylic acid groups (broad SMARTS) is 1. The van der Waals surface area contributed by atoms with Gasteiger partial charge in [-0.25, -0.2) is 4.79 Å². The number of hydrogen-bond donors (Lipinski definition) is 2. The summed E-state index contributed by atoms with van der Waals surface area (Å²) < 4.78 is 5.34. The Balaban J connectivity index is 2.82. The van der Waals surface area contributed by atoms with Crippen LogP contribution in [0.25, 0.3) is 0 Å². The molecular weight excluding hydrogens is 234 g/mol. The number of ether oxygens (including phenoxy) is 1. The number of carbonyl (C=O) groups excluding carboxylic acids is 1. The first kappa shape index (κ1) is 13.8. The summed E-state index contributed by atoms with van der Waals surface area (Å²) in [4.78, 5) is 22.2. The highest BCUT2D eigenvalue weighted by Gasteiger charge is 2.07. The number of amides is 1. The third-order valence-corrected chi connectivity index (χ3v) is 2.13. The molecular formula is C13H15NO4. The summed E-state index contributed by atoms with van der Waals surface area (Å²) in [6.45, 7) is 3.68. The quantitative estimate of drug-likeness (QED) is 0.783. The third-order valence-electron chi connectivity index (χ3n) is 2.13. The van der Waals surface area contributed by atoms with Gasteiger partial charge in [0.05, 0.1) is 12.3 Å². The number of benzene rings is 1. The lowest BCUT2D eigenvalue weighted by Crippen LogP contribution is -2.11. The zero-order valence-electron chi connectivity index (χ0n) is 10.3. The van der Waals surface area contributed by atoms with Gasteiger partial charge in [0.2, 0.25) is 5.91 Å². The fraction of sp³-hybridized carbons (Fsp3) is 0.231. The molecule has 1 rings (SSSR count). The molecule has 0 bridgehead atoms. The lowest BCUT2D eigenvalue weighted by molar-refractivity contribution is -0.132. The van der Waals surface area contributed by atoms with E-state index in [0.717, 1.165) is 6.08 Å². The molecule has 1 aromatic carbocycles. The largest absolute Gasteiger partial charge is 0.492 e. The van der Waals surface area contributed by atoms with Gasteiger partial charge in [-0.2, -0.15) is 0 Å². The van der Waals surface area contributed by atoms with E-state index in [1.165, 1.54) is 6.92 Å². The van der Waals surface area contributed by atoms with E-state index < -0.39 is 11.9 Å². The van der Waals surface area contributed by atoms with Gasteiger partial charge in [0.15, 0.2) is 0 Å². The van der Waals surface area contributed by atoms with Crippen molar-refractivity contribution in [2.75, 3.05) is 11.9 Å². The minimum absolute atomic E-state index is 0.0265. The van der Waals surface area contributed by atoms with Gasteiger partial charge in [0.1, 0.15) is 5.75 Å². The van der Waals surface area contributed by atoms with Crippen LogP contribution in [0.15, 0.2) is 35.9 Å². The van der Waals surface area contributed by atoms with Gasteiger partial charge in [-0.05, 0) is 26.0 Å². The number of carbonyl (C=O) groups is 2. The minimum Gasteiger partial charge on any atom is -0.492 e. The van der Waals surface area contributed by atoms with Crippen LogP contribution in [0.5, 0.6) is 5.75 Å². The normalized spacial score (nSPS) is 10.9. The van der Waals surface area contributed by atoms with E-state index >= 15 is 0 Å². The van der Waals surface area contributed by atoms with Crippen molar-refractivity contribution < 1.29 is 19.4 Å². The van der Waals surface area contributed by atoms with Crippen LogP contribution in [0.2, 0.25) is 0 Å². The molecule has 0 aliphatic carbocycles. The number of hydrogen-bond acceptors (Lipinski definition) is 3. The molecule has 0 atom stereocenters. The summed E-state index contributed by atoms with van der Waals surface area (Å²) in [5.41, 5.74) is 0.486. The monoisotopic (exact) mass is 249 g/mol. The second kappa shape index (κ2) is 6.44. The zero-order valence-corrected chi connectivity index (χ0v) is 10.3. The highest BCUT2D eigenvalue weighted by Crippen LogP contribution is 2.23. The molecule has 5 nitrogen and oxygen atoms in total. The number of aliphatic carboxylic acids is 1. The van der Waals surface area contributed by atoms with Crippen LogP contribution >= 0.6 is 0 Å². The van der Waals surface area contributed by atoms with Gasteiger partial charge in [0.25, 0.3) is 0 Å². The molecule has 0 unspecified atom stereocenters. The van der Waals surface area contributed by atoms with Crippen LogP contribution in [-0.4, -0.2) is 23.6 Å². The molecule has 0 aromatic heterocycles. The van der Waals surface area contributed by atoms with Gasteiger partial charge in [-0.1, -0.05) is 12.1 Å². The summed E-state index contributed by atoms with van der Waals surface area (Å²) >= 11 is 0. The second-order valence-corrected chi connectivity index (χ2v) is 3.55. The summed E-state index contributed by atoms with van der Waals surface area (Å²) in [5.74, 6) is -1.07. The van der Waals surface area contributed by atoms with Crippen molar-refractivity contribution in [1.29, 1.82) is 0 Å². The molecule has 1 amide bonds. The van der Waals surface area contributed by atoms with Gasteiger partial charge >= 0.3 is 5.97 Å². The molecule has 5 heteroatoms. The fourth-order valence-electron chi connectivity index (χ4n) is 1.28. The standard InChI is InChI=1S/C13H15NO4/c1-3-18-11-7-5-4-6-10(11)14-12(15)8-9(2)13(16)17/h4-8H,3H2,1-2H3,(H,14,15)(H,16,17)/b9-8+. The van der Waals surface area contributed by atoms with E-state index in [9.17, 15) is 9.59 Å². The maximum atomic E-state index is 11.6. The summed E-state index contributed by atoms with van der Waals surface area (Å²) in [6, 6.07) is 6.96. The van der Waals surface area contributed by atoms with Crippen molar-refractivity contribution in [3.63, 3.8) is 0 Å². The van der Waals surface area contributed by atoms with Crippen molar-refractivity contribution in [1.82, 2.24) is 0 Å². The van der Waals surface area contributed by atoms with Crippen LogP contribution in [0.3, 0.4) is 0 Å². The summed E-state index contributed by atoms with van der Waals surface area (Å²) in [5, 5.41) is 11.2. The first-order valence-corrected chi connectivity index (χ1v) is 5.49. The van der Waals surface area contributed by atoms with Crippen molar-refractivity contribution >= 4 is 17.6 Å². The van der Waals surface area contributed by atoms with Gasteiger partial charge in [-0.15, -0.1) is 0 Å². The lowest BCUT2D eigenvalue weighted by Gasteiger charge is -2.09. The minimum atomic E-state index is -1.12. The Labute approximate surface area is 105 Å². The predicted octanol–water partition coefficient (Wildman–Crippen LogP) is 2.05. The van der Waals surface area contributed by atoms with E-state index in [1.807, 2.05) is 6.92 Å². The number of anilines is 1. The van der Waals surface area contributed by atoms with Crippen molar-refractivity contribution in [2.24, 2.45) is 0 Å². The Kier molecular flexibility index (Phi) is 4.92. The molecule has 0 spiro atoms. The van der Waals surface area contributed by atoms with E-state index in [0.29, 0.717) is 18.0 Å². The summed E-state index contributed by atoms with van der Waals surface area (Å²) in [6.07, 6.45) is 1.03. The zero-order chi connectivity index (χ0) is 13.5. The molecule has 18 heavy (non-hydrogen) atoms. The van der Waals surface area contributed by atoms with Gasteiger partial charge < -0.3 is 15.2 Å². The lowest BCUT2D eigenvalue weighted by atomic mass is 10.2.